The van der Waals surface area contributed by atoms with E-state index in [1.54, 1.807) is 24.4 Å². The molecule has 0 saturated carbocycles. The molecule has 0 unspecified atom stereocenters. The summed E-state index contributed by atoms with van der Waals surface area (Å²) in [5.74, 6) is 0.524. The van der Waals surface area contributed by atoms with Crippen LogP contribution in [0.25, 0.3) is 5.57 Å². The predicted octanol–water partition coefficient (Wildman–Crippen LogP) is 2.89. The Morgan fingerprint density at radius 2 is 2.00 bits per heavy atom. The van der Waals surface area contributed by atoms with Crippen LogP contribution in [0.1, 0.15) is 25.0 Å². The fourth-order valence-corrected chi connectivity index (χ4v) is 2.53. The molecule has 0 spiro atoms. The number of ether oxygens (including phenoxy) is 1. The molecule has 0 bridgehead atoms. The lowest BCUT2D eigenvalue weighted by Gasteiger charge is -2.30. The Bertz CT molecular complexity index is 849. The van der Waals surface area contributed by atoms with Gasteiger partial charge < -0.3 is 9.72 Å². The van der Waals surface area contributed by atoms with Gasteiger partial charge in [-0.15, -0.1) is 0 Å². The lowest BCUT2D eigenvalue weighted by Crippen LogP contribution is -2.30. The van der Waals surface area contributed by atoms with E-state index in [1.165, 1.54) is 12.1 Å². The molecule has 0 fully saturated rings. The SMILES string of the molecule is CC1(C)C=C(c2ccc[nH]c2=O)c2cc([N+](=O)[O-])ccc2O1. The monoisotopic (exact) mass is 298 g/mol. The molecule has 112 valence electrons. The van der Waals surface area contributed by atoms with Gasteiger partial charge in [-0.3, -0.25) is 14.9 Å². The molecule has 1 aliphatic rings. The van der Waals surface area contributed by atoms with Crippen LogP contribution < -0.4 is 10.3 Å². The molecule has 1 aliphatic heterocycles. The molecule has 1 aromatic carbocycles. The third-order valence-electron chi connectivity index (χ3n) is 3.44. The highest BCUT2D eigenvalue weighted by atomic mass is 16.6. The number of benzene rings is 1. The first-order chi connectivity index (χ1) is 10.4. The largest absolute Gasteiger partial charge is 0.483 e. The Hall–Kier alpha value is -2.89. The van der Waals surface area contributed by atoms with Crippen LogP contribution in [0.3, 0.4) is 0 Å². The Labute approximate surface area is 126 Å². The lowest BCUT2D eigenvalue weighted by molar-refractivity contribution is -0.384. The number of hydrogen-bond donors (Lipinski definition) is 1. The van der Waals surface area contributed by atoms with Gasteiger partial charge in [-0.25, -0.2) is 0 Å². The Morgan fingerprint density at radius 3 is 2.68 bits per heavy atom. The van der Waals surface area contributed by atoms with Crippen LogP contribution in [0.4, 0.5) is 5.69 Å². The van der Waals surface area contributed by atoms with Crippen LogP contribution in [-0.4, -0.2) is 15.5 Å². The van der Waals surface area contributed by atoms with Crippen LogP contribution in [-0.2, 0) is 0 Å². The predicted molar refractivity (Wildman–Crippen MR) is 81.9 cm³/mol. The molecule has 2 aromatic rings. The molecule has 3 rings (SSSR count). The second-order valence-electron chi connectivity index (χ2n) is 5.61. The average molecular weight is 298 g/mol. The number of pyridine rings is 1. The second kappa shape index (κ2) is 4.84. The van der Waals surface area contributed by atoms with Crippen molar-refractivity contribution in [2.75, 3.05) is 0 Å². The van der Waals surface area contributed by atoms with Gasteiger partial charge in [-0.2, -0.15) is 0 Å². The normalized spacial score (nSPS) is 15.5. The summed E-state index contributed by atoms with van der Waals surface area (Å²) in [6.45, 7) is 3.74. The van der Waals surface area contributed by atoms with Crippen molar-refractivity contribution < 1.29 is 9.66 Å². The summed E-state index contributed by atoms with van der Waals surface area (Å²) < 4.78 is 5.83. The fraction of sp³-hybridized carbons (Fsp3) is 0.188. The molecule has 2 heterocycles. The summed E-state index contributed by atoms with van der Waals surface area (Å²) in [5, 5.41) is 11.0. The van der Waals surface area contributed by atoms with Crippen LogP contribution in [0, 0.1) is 10.1 Å². The summed E-state index contributed by atoms with van der Waals surface area (Å²) in [4.78, 5) is 25.2. The zero-order chi connectivity index (χ0) is 15.9. The second-order valence-corrected chi connectivity index (χ2v) is 5.61. The molecule has 0 atom stereocenters. The number of nitrogens with zero attached hydrogens (tertiary/aromatic N) is 1. The standard InChI is InChI=1S/C16H14N2O4/c1-16(2)9-13(11-4-3-7-17-15(11)19)12-8-10(18(20)21)5-6-14(12)22-16/h3-9H,1-2H3,(H,17,19). The molecule has 0 radical (unpaired) electrons. The minimum atomic E-state index is -0.610. The number of nitro groups is 1. The van der Waals surface area contributed by atoms with E-state index >= 15 is 0 Å². The highest BCUT2D eigenvalue weighted by Crippen LogP contribution is 2.40. The number of aromatic nitrogens is 1. The van der Waals surface area contributed by atoms with Crippen molar-refractivity contribution in [2.45, 2.75) is 19.4 Å². The van der Waals surface area contributed by atoms with E-state index < -0.39 is 10.5 Å². The van der Waals surface area contributed by atoms with Gasteiger partial charge in [-0.1, -0.05) is 0 Å². The van der Waals surface area contributed by atoms with Gasteiger partial charge in [0.2, 0.25) is 0 Å². The van der Waals surface area contributed by atoms with Crippen LogP contribution >= 0.6 is 0 Å². The Kier molecular flexibility index (Phi) is 3.09. The number of H-pyrrole nitrogens is 1. The number of fused-ring (bicyclic) bond motifs is 1. The van der Waals surface area contributed by atoms with E-state index in [4.69, 9.17) is 4.74 Å². The molecular weight excluding hydrogens is 284 g/mol. The van der Waals surface area contributed by atoms with E-state index in [9.17, 15) is 14.9 Å². The van der Waals surface area contributed by atoms with Crippen LogP contribution in [0.2, 0.25) is 0 Å². The maximum Gasteiger partial charge on any atom is 0.270 e. The van der Waals surface area contributed by atoms with E-state index in [1.807, 2.05) is 19.9 Å². The molecule has 6 nitrogen and oxygen atoms in total. The number of nitrogens with one attached hydrogen (secondary N) is 1. The minimum absolute atomic E-state index is 0.0414. The number of aromatic amines is 1. The van der Waals surface area contributed by atoms with Crippen LogP contribution in [0.5, 0.6) is 5.75 Å². The molecule has 0 amide bonds. The number of hydrogen-bond acceptors (Lipinski definition) is 4. The van der Waals surface area contributed by atoms with Crippen molar-refractivity contribution in [1.29, 1.82) is 0 Å². The summed E-state index contributed by atoms with van der Waals surface area (Å²) in [6.07, 6.45) is 3.36. The van der Waals surface area contributed by atoms with Crippen LogP contribution in [0.15, 0.2) is 47.4 Å². The Balaban J connectivity index is 2.27. The zero-order valence-corrected chi connectivity index (χ0v) is 12.1. The highest BCUT2D eigenvalue weighted by Gasteiger charge is 2.29. The van der Waals surface area contributed by atoms with Crippen molar-refractivity contribution >= 4 is 11.3 Å². The quantitative estimate of drug-likeness (QED) is 0.682. The third kappa shape index (κ3) is 2.39. The Morgan fingerprint density at radius 1 is 1.23 bits per heavy atom. The molecule has 0 aliphatic carbocycles. The van der Waals surface area contributed by atoms with Gasteiger partial charge in [0.15, 0.2) is 0 Å². The topological polar surface area (TPSA) is 85.2 Å². The van der Waals surface area contributed by atoms with Crippen molar-refractivity contribution in [1.82, 2.24) is 4.98 Å². The molecule has 6 heteroatoms. The fourth-order valence-electron chi connectivity index (χ4n) is 2.53. The summed E-state index contributed by atoms with van der Waals surface area (Å²) in [6, 6.07) is 7.81. The molecule has 1 N–H and O–H groups in total. The molecule has 22 heavy (non-hydrogen) atoms. The van der Waals surface area contributed by atoms with Gasteiger partial charge in [0.1, 0.15) is 11.4 Å². The van der Waals surface area contributed by atoms with E-state index in [2.05, 4.69) is 4.98 Å². The first-order valence-corrected chi connectivity index (χ1v) is 6.76. The van der Waals surface area contributed by atoms with E-state index in [0.29, 0.717) is 22.4 Å². The smallest absolute Gasteiger partial charge is 0.270 e. The molecule has 0 saturated heterocycles. The van der Waals surface area contributed by atoms with Gasteiger partial charge >= 0.3 is 0 Å². The van der Waals surface area contributed by atoms with Gasteiger partial charge in [-0.05, 0) is 43.7 Å². The van der Waals surface area contributed by atoms with E-state index in [0.717, 1.165) is 0 Å². The zero-order valence-electron chi connectivity index (χ0n) is 12.1. The number of nitro benzene ring substituents is 1. The van der Waals surface area contributed by atoms with Gasteiger partial charge in [0.25, 0.3) is 11.2 Å². The van der Waals surface area contributed by atoms with Crippen molar-refractivity contribution in [2.24, 2.45) is 0 Å². The van der Waals surface area contributed by atoms with Gasteiger partial charge in [0, 0.05) is 29.5 Å². The maximum absolute atomic E-state index is 12.1. The minimum Gasteiger partial charge on any atom is -0.483 e. The average Bonchev–Trinajstić information content (AvgIpc) is 2.45. The lowest BCUT2D eigenvalue weighted by atomic mass is 9.90. The number of rotatable bonds is 2. The first-order valence-electron chi connectivity index (χ1n) is 6.76. The summed E-state index contributed by atoms with van der Waals surface area (Å²) in [5.41, 5.74) is 0.743. The van der Waals surface area contributed by atoms with Crippen molar-refractivity contribution in [3.05, 3.63) is 74.2 Å². The highest BCUT2D eigenvalue weighted by molar-refractivity contribution is 5.85. The van der Waals surface area contributed by atoms with Crippen molar-refractivity contribution in [3.8, 4) is 5.75 Å². The molecular formula is C16H14N2O4. The molecule has 1 aromatic heterocycles. The van der Waals surface area contributed by atoms with Crippen molar-refractivity contribution in [3.63, 3.8) is 0 Å². The maximum atomic E-state index is 12.1. The summed E-state index contributed by atoms with van der Waals surface area (Å²) in [7, 11) is 0. The number of non-ortho nitro benzene ring substituents is 1. The summed E-state index contributed by atoms with van der Waals surface area (Å²) >= 11 is 0. The third-order valence-corrected chi connectivity index (χ3v) is 3.44. The first kappa shape index (κ1) is 14.1. The van der Waals surface area contributed by atoms with E-state index in [-0.39, 0.29) is 11.2 Å². The van der Waals surface area contributed by atoms with Gasteiger partial charge in [0.05, 0.1) is 4.92 Å².